The Morgan fingerprint density at radius 1 is 0.547 bits per heavy atom. The highest BCUT2D eigenvalue weighted by Gasteiger charge is 2.35. The van der Waals surface area contributed by atoms with Crippen LogP contribution >= 0.6 is 0 Å². The minimum Gasteiger partial charge on any atom is -0.356 e. The third kappa shape index (κ3) is 17.6. The van der Waals surface area contributed by atoms with Crippen molar-refractivity contribution < 1.29 is 33.6 Å². The van der Waals surface area contributed by atoms with Crippen molar-refractivity contribution >= 4 is 41.0 Å². The topological polar surface area (TPSA) is 258 Å². The van der Waals surface area contributed by atoms with Crippen LogP contribution in [0.1, 0.15) is 106 Å². The van der Waals surface area contributed by atoms with Crippen LogP contribution in [0.3, 0.4) is 0 Å². The Labute approximate surface area is 316 Å². The van der Waals surface area contributed by atoms with Gasteiger partial charge in [0.05, 0.1) is 18.1 Å². The van der Waals surface area contributed by atoms with Crippen LogP contribution in [0.5, 0.6) is 0 Å². The number of rotatable bonds is 13. The van der Waals surface area contributed by atoms with Crippen LogP contribution < -0.4 is 43.8 Å². The number of likely N-dealkylation sites (N-methyl/N-ethyl adjacent to an activating group) is 1. The number of nitrogens with one attached hydrogen (secondary N) is 5. The van der Waals surface area contributed by atoms with Gasteiger partial charge in [0, 0.05) is 43.6 Å². The van der Waals surface area contributed by atoms with E-state index >= 15 is 0 Å². The van der Waals surface area contributed by atoms with Gasteiger partial charge in [-0.2, -0.15) is 0 Å². The fourth-order valence-electron chi connectivity index (χ4n) is 6.79. The second-order valence-electron chi connectivity index (χ2n) is 15.8. The maximum absolute atomic E-state index is 13.9. The first-order valence-corrected chi connectivity index (χ1v) is 19.5. The summed E-state index contributed by atoms with van der Waals surface area (Å²) in [5.74, 6) is -5.22. The zero-order valence-corrected chi connectivity index (χ0v) is 33.3. The minimum atomic E-state index is -0.998. The van der Waals surface area contributed by atoms with E-state index in [1.807, 2.05) is 41.5 Å². The van der Waals surface area contributed by atoms with E-state index < -0.39 is 59.6 Å². The standard InChI is InChI=1S/C38H70N8O7/c1-22(2)16-27-21-33(48)29(10-14-41)44-36(51)26(9-13-40)20-34(49)30(17-23(3)4)45-38(53)31(18-24(5)6)46-37(52)25(8-12-39)19-32(47)28(42-7)11-15-43-35(27)50/h22-31,42H,8-21,39-41H2,1-7H3,(H,43,50)(H,44,51)(H,45,53)(H,46,52). The van der Waals surface area contributed by atoms with E-state index in [9.17, 15) is 33.6 Å². The number of carbonyl (C=O) groups is 7. The fraction of sp³-hybridized carbons (Fsp3) is 0.816. The molecule has 4 amide bonds. The smallest absolute Gasteiger partial charge is 0.243 e. The molecule has 0 bridgehead atoms. The molecule has 0 aromatic rings. The van der Waals surface area contributed by atoms with Gasteiger partial charge < -0.3 is 43.8 Å². The lowest BCUT2D eigenvalue weighted by molar-refractivity contribution is -0.136. The molecule has 7 atom stereocenters. The monoisotopic (exact) mass is 751 g/mol. The number of hydrogen-bond acceptors (Lipinski definition) is 11. The zero-order valence-electron chi connectivity index (χ0n) is 33.3. The molecule has 0 aromatic heterocycles. The average molecular weight is 751 g/mol. The molecule has 1 saturated heterocycles. The molecule has 1 aliphatic heterocycles. The summed E-state index contributed by atoms with van der Waals surface area (Å²) in [7, 11) is 1.62. The maximum atomic E-state index is 13.9. The first-order valence-electron chi connectivity index (χ1n) is 19.5. The van der Waals surface area contributed by atoms with Crippen molar-refractivity contribution in [3.8, 4) is 0 Å². The number of carbonyl (C=O) groups excluding carboxylic acids is 7. The molecule has 15 nitrogen and oxygen atoms in total. The number of Topliss-reactive ketones (excluding diaryl/α,β-unsaturated/α-hetero) is 3. The summed E-state index contributed by atoms with van der Waals surface area (Å²) in [6.07, 6.45) is 1.19. The highest BCUT2D eigenvalue weighted by molar-refractivity contribution is 5.97. The van der Waals surface area contributed by atoms with Gasteiger partial charge >= 0.3 is 0 Å². The van der Waals surface area contributed by atoms with Crippen LogP contribution in [0.15, 0.2) is 0 Å². The first-order chi connectivity index (χ1) is 25.0. The van der Waals surface area contributed by atoms with Gasteiger partial charge in [0.25, 0.3) is 0 Å². The molecular formula is C38H70N8O7. The van der Waals surface area contributed by atoms with E-state index in [-0.39, 0.29) is 125 Å². The Morgan fingerprint density at radius 2 is 0.981 bits per heavy atom. The van der Waals surface area contributed by atoms with Gasteiger partial charge in [0.2, 0.25) is 23.6 Å². The summed E-state index contributed by atoms with van der Waals surface area (Å²) in [6, 6.07) is -3.62. The second kappa shape index (κ2) is 24.9. The molecule has 53 heavy (non-hydrogen) atoms. The van der Waals surface area contributed by atoms with Crippen molar-refractivity contribution in [3.63, 3.8) is 0 Å². The van der Waals surface area contributed by atoms with E-state index in [0.717, 1.165) is 0 Å². The fourth-order valence-corrected chi connectivity index (χ4v) is 6.79. The van der Waals surface area contributed by atoms with Crippen LogP contribution in [-0.2, 0) is 33.6 Å². The number of hydrogen-bond donors (Lipinski definition) is 8. The molecule has 1 heterocycles. The van der Waals surface area contributed by atoms with Crippen molar-refractivity contribution in [3.05, 3.63) is 0 Å². The highest BCUT2D eigenvalue weighted by atomic mass is 16.2. The van der Waals surface area contributed by atoms with Crippen molar-refractivity contribution in [1.29, 1.82) is 0 Å². The normalized spacial score (nSPS) is 27.1. The molecule has 15 heteroatoms. The van der Waals surface area contributed by atoms with Gasteiger partial charge in [-0.05, 0) is 89.4 Å². The van der Waals surface area contributed by atoms with E-state index in [0.29, 0.717) is 6.42 Å². The predicted molar refractivity (Wildman–Crippen MR) is 205 cm³/mol. The van der Waals surface area contributed by atoms with Crippen molar-refractivity contribution in [2.75, 3.05) is 33.2 Å². The summed E-state index contributed by atoms with van der Waals surface area (Å²) in [4.78, 5) is 95.7. The maximum Gasteiger partial charge on any atom is 0.243 e. The molecule has 1 aliphatic rings. The average Bonchev–Trinajstić information content (AvgIpc) is 3.07. The van der Waals surface area contributed by atoms with Crippen molar-refractivity contribution in [2.45, 2.75) is 130 Å². The quantitative estimate of drug-likeness (QED) is 0.128. The lowest BCUT2D eigenvalue weighted by Crippen LogP contribution is -2.54. The number of amides is 4. The van der Waals surface area contributed by atoms with E-state index in [4.69, 9.17) is 17.2 Å². The van der Waals surface area contributed by atoms with Crippen LogP contribution in [0.25, 0.3) is 0 Å². The lowest BCUT2D eigenvalue weighted by Gasteiger charge is -2.27. The third-order valence-corrected chi connectivity index (χ3v) is 9.62. The van der Waals surface area contributed by atoms with Crippen molar-refractivity contribution in [1.82, 2.24) is 26.6 Å². The largest absolute Gasteiger partial charge is 0.356 e. The summed E-state index contributed by atoms with van der Waals surface area (Å²) >= 11 is 0. The molecule has 0 saturated carbocycles. The molecule has 7 unspecified atom stereocenters. The Balaban J connectivity index is 3.67. The van der Waals surface area contributed by atoms with E-state index in [1.165, 1.54) is 0 Å². The SMILES string of the molecule is CNC1CCNC(=O)C(CC(C)C)CC(=O)C(CCN)NC(=O)C(CCN)CC(=O)C(CC(C)C)NC(=O)C(CC(C)C)NC(=O)C(CCN)CC1=O. The molecule has 0 aliphatic carbocycles. The minimum absolute atomic E-state index is 0.00516. The lowest BCUT2D eigenvalue weighted by atomic mass is 9.88. The molecule has 0 spiro atoms. The Kier molecular flexibility index (Phi) is 22.5. The van der Waals surface area contributed by atoms with Crippen LogP contribution in [0.2, 0.25) is 0 Å². The van der Waals surface area contributed by atoms with Crippen molar-refractivity contribution in [2.24, 2.45) is 52.7 Å². The first kappa shape index (κ1) is 47.8. The number of ketones is 3. The Hall–Kier alpha value is -3.27. The molecule has 304 valence electrons. The van der Waals surface area contributed by atoms with Gasteiger partial charge in [-0.25, -0.2) is 0 Å². The predicted octanol–water partition coefficient (Wildman–Crippen LogP) is 0.460. The van der Waals surface area contributed by atoms with Gasteiger partial charge in [0.15, 0.2) is 17.3 Å². The van der Waals surface area contributed by atoms with E-state index in [1.54, 1.807) is 7.05 Å². The van der Waals surface area contributed by atoms with Crippen LogP contribution in [-0.4, -0.2) is 98.4 Å². The molecule has 0 aromatic carbocycles. The van der Waals surface area contributed by atoms with Crippen LogP contribution in [0, 0.1) is 35.5 Å². The highest BCUT2D eigenvalue weighted by Crippen LogP contribution is 2.21. The van der Waals surface area contributed by atoms with Crippen LogP contribution in [0.4, 0.5) is 0 Å². The second-order valence-corrected chi connectivity index (χ2v) is 15.8. The molecule has 11 N–H and O–H groups in total. The number of nitrogens with two attached hydrogens (primary N) is 3. The molecule has 1 fully saturated rings. The van der Waals surface area contributed by atoms with Gasteiger partial charge in [0.1, 0.15) is 6.04 Å². The Bertz CT molecular complexity index is 1210. The zero-order chi connectivity index (χ0) is 40.2. The Morgan fingerprint density at radius 3 is 1.47 bits per heavy atom. The third-order valence-electron chi connectivity index (χ3n) is 9.62. The molecule has 1 rings (SSSR count). The van der Waals surface area contributed by atoms with Gasteiger partial charge in [-0.1, -0.05) is 41.5 Å². The molecular weight excluding hydrogens is 680 g/mol. The molecule has 0 radical (unpaired) electrons. The summed E-state index contributed by atoms with van der Waals surface area (Å²) in [6.45, 7) is 12.0. The summed E-state index contributed by atoms with van der Waals surface area (Å²) in [5.41, 5.74) is 17.6. The van der Waals surface area contributed by atoms with Gasteiger partial charge in [-0.15, -0.1) is 0 Å². The van der Waals surface area contributed by atoms with Gasteiger partial charge in [-0.3, -0.25) is 33.6 Å². The summed E-state index contributed by atoms with van der Waals surface area (Å²) in [5, 5.41) is 14.3. The van der Waals surface area contributed by atoms with E-state index in [2.05, 4.69) is 26.6 Å². The summed E-state index contributed by atoms with van der Waals surface area (Å²) < 4.78 is 0.